The number of pyridine rings is 1. The summed E-state index contributed by atoms with van der Waals surface area (Å²) in [7, 11) is 1.42. The van der Waals surface area contributed by atoms with Crippen molar-refractivity contribution in [2.24, 2.45) is 5.16 Å². The Morgan fingerprint density at radius 1 is 1.15 bits per heavy atom. The van der Waals surface area contributed by atoms with Crippen molar-refractivity contribution in [2.45, 2.75) is 44.4 Å². The highest BCUT2D eigenvalue weighted by Crippen LogP contribution is 2.41. The van der Waals surface area contributed by atoms with E-state index < -0.39 is 30.2 Å². The molecule has 9 heteroatoms. The molecule has 3 N–H and O–H groups in total. The highest BCUT2D eigenvalue weighted by Gasteiger charge is 2.55. The van der Waals surface area contributed by atoms with E-state index in [2.05, 4.69) is 15.5 Å². The first kappa shape index (κ1) is 25.3. The third-order valence-electron chi connectivity index (χ3n) is 5.90. The summed E-state index contributed by atoms with van der Waals surface area (Å²) in [5, 5.41) is 17.8. The molecule has 1 aromatic heterocycles. The van der Waals surface area contributed by atoms with Crippen LogP contribution in [0, 0.1) is 0 Å². The SMILES string of the molecule is CON=C(C)c1cccc(C(C)(C)CC(O)(CNc2ccc3c(=O)cc[nH]c3c2)C(F)(F)F)c1. The molecule has 3 rings (SSSR count). The van der Waals surface area contributed by atoms with Gasteiger partial charge in [-0.25, -0.2) is 0 Å². The first-order valence-electron chi connectivity index (χ1n) is 10.7. The number of aliphatic hydroxyl groups is 1. The van der Waals surface area contributed by atoms with Crippen molar-refractivity contribution in [2.75, 3.05) is 19.0 Å². The van der Waals surface area contributed by atoms with E-state index in [-0.39, 0.29) is 5.43 Å². The lowest BCUT2D eigenvalue weighted by molar-refractivity contribution is -0.260. The number of alkyl halides is 3. The van der Waals surface area contributed by atoms with Crippen LogP contribution in [0.5, 0.6) is 0 Å². The molecule has 0 fully saturated rings. The Kier molecular flexibility index (Phi) is 7.07. The highest BCUT2D eigenvalue weighted by molar-refractivity contribution is 5.98. The zero-order chi connectivity index (χ0) is 25.1. The number of halogens is 3. The summed E-state index contributed by atoms with van der Waals surface area (Å²) in [4.78, 5) is 19.6. The first-order valence-corrected chi connectivity index (χ1v) is 10.7. The summed E-state index contributed by atoms with van der Waals surface area (Å²) in [6, 6.07) is 13.0. The molecule has 0 saturated carbocycles. The van der Waals surface area contributed by atoms with Gasteiger partial charge in [-0.05, 0) is 54.2 Å². The third kappa shape index (κ3) is 5.41. The fourth-order valence-electron chi connectivity index (χ4n) is 3.98. The summed E-state index contributed by atoms with van der Waals surface area (Å²) in [5.41, 5.74) is -1.47. The van der Waals surface area contributed by atoms with Crippen LogP contribution in [-0.4, -0.2) is 41.2 Å². The normalized spacial score (nSPS) is 14.6. The van der Waals surface area contributed by atoms with Crippen LogP contribution in [0.4, 0.5) is 18.9 Å². The summed E-state index contributed by atoms with van der Waals surface area (Å²) < 4.78 is 42.3. The van der Waals surface area contributed by atoms with E-state index in [0.29, 0.717) is 33.4 Å². The quantitative estimate of drug-likeness (QED) is 0.317. The summed E-state index contributed by atoms with van der Waals surface area (Å²) in [6.45, 7) is 4.30. The van der Waals surface area contributed by atoms with Gasteiger partial charge in [0.15, 0.2) is 11.0 Å². The molecule has 34 heavy (non-hydrogen) atoms. The average molecular weight is 476 g/mol. The van der Waals surface area contributed by atoms with Gasteiger partial charge in [0.25, 0.3) is 0 Å². The molecule has 1 atom stereocenters. The number of H-pyrrole nitrogens is 1. The van der Waals surface area contributed by atoms with Gasteiger partial charge in [-0.2, -0.15) is 13.2 Å². The average Bonchev–Trinajstić information content (AvgIpc) is 2.77. The van der Waals surface area contributed by atoms with E-state index in [9.17, 15) is 23.1 Å². The van der Waals surface area contributed by atoms with Crippen molar-refractivity contribution in [3.05, 3.63) is 76.1 Å². The number of hydrogen-bond acceptors (Lipinski definition) is 5. The van der Waals surface area contributed by atoms with Crippen molar-refractivity contribution in [1.82, 2.24) is 4.98 Å². The van der Waals surface area contributed by atoms with Gasteiger partial charge in [-0.1, -0.05) is 37.2 Å². The smallest absolute Gasteiger partial charge is 0.399 e. The second kappa shape index (κ2) is 9.50. The van der Waals surface area contributed by atoms with Crippen LogP contribution in [-0.2, 0) is 10.3 Å². The molecule has 1 unspecified atom stereocenters. The minimum atomic E-state index is -4.88. The van der Waals surface area contributed by atoms with Gasteiger partial charge < -0.3 is 20.2 Å². The Morgan fingerprint density at radius 2 is 1.88 bits per heavy atom. The van der Waals surface area contributed by atoms with Gasteiger partial charge in [0.2, 0.25) is 0 Å². The third-order valence-corrected chi connectivity index (χ3v) is 5.90. The molecular weight excluding hydrogens is 447 g/mol. The van der Waals surface area contributed by atoms with Gasteiger partial charge in [-0.15, -0.1) is 0 Å². The molecule has 0 aliphatic rings. The van der Waals surface area contributed by atoms with Crippen molar-refractivity contribution in [3.63, 3.8) is 0 Å². The number of fused-ring (bicyclic) bond motifs is 1. The number of hydrogen-bond donors (Lipinski definition) is 3. The standard InChI is InChI=1S/C25H28F3N3O3/c1-16(31-34-4)17-6-5-7-18(12-17)23(2,3)14-24(33,25(26,27)28)15-30-19-8-9-20-21(13-19)29-11-10-22(20)32/h5-13,30,33H,14-15H2,1-4H3,(H,29,32). The zero-order valence-electron chi connectivity index (χ0n) is 19.5. The van der Waals surface area contributed by atoms with Crippen LogP contribution >= 0.6 is 0 Å². The van der Waals surface area contributed by atoms with Gasteiger partial charge in [0.1, 0.15) is 7.11 Å². The van der Waals surface area contributed by atoms with Gasteiger partial charge >= 0.3 is 6.18 Å². The van der Waals surface area contributed by atoms with Crippen LogP contribution in [0.2, 0.25) is 0 Å². The van der Waals surface area contributed by atoms with Gasteiger partial charge in [0.05, 0.1) is 17.8 Å². The largest absolute Gasteiger partial charge is 0.418 e. The van der Waals surface area contributed by atoms with E-state index in [1.165, 1.54) is 31.5 Å². The zero-order valence-corrected chi connectivity index (χ0v) is 19.5. The van der Waals surface area contributed by atoms with E-state index in [4.69, 9.17) is 4.84 Å². The molecule has 0 radical (unpaired) electrons. The Balaban J connectivity index is 1.87. The maximum atomic E-state index is 14.1. The van der Waals surface area contributed by atoms with Gasteiger partial charge in [-0.3, -0.25) is 4.79 Å². The van der Waals surface area contributed by atoms with Crippen molar-refractivity contribution in [1.29, 1.82) is 0 Å². The topological polar surface area (TPSA) is 86.7 Å². The molecule has 2 aromatic carbocycles. The summed E-state index contributed by atoms with van der Waals surface area (Å²) >= 11 is 0. The van der Waals surface area contributed by atoms with Crippen LogP contribution in [0.3, 0.4) is 0 Å². The Bertz CT molecular complexity index is 1250. The molecule has 0 amide bonds. The minimum Gasteiger partial charge on any atom is -0.399 e. The second-order valence-electron chi connectivity index (χ2n) is 8.99. The Labute approximate surface area is 195 Å². The van der Waals surface area contributed by atoms with Crippen LogP contribution in [0.25, 0.3) is 10.9 Å². The molecule has 0 spiro atoms. The molecular formula is C25H28F3N3O3. The van der Waals surface area contributed by atoms with E-state index in [1.807, 2.05) is 0 Å². The minimum absolute atomic E-state index is 0.193. The van der Waals surface area contributed by atoms with E-state index >= 15 is 0 Å². The Hall–Kier alpha value is -3.33. The van der Waals surface area contributed by atoms with Crippen molar-refractivity contribution < 1.29 is 23.1 Å². The monoisotopic (exact) mass is 475 g/mol. The molecule has 3 aromatic rings. The number of benzene rings is 2. The lowest BCUT2D eigenvalue weighted by Crippen LogP contribution is -2.53. The number of aromatic nitrogens is 1. The number of nitrogens with one attached hydrogen (secondary N) is 2. The summed E-state index contributed by atoms with van der Waals surface area (Å²) in [5.74, 6) is 0. The molecule has 6 nitrogen and oxygen atoms in total. The van der Waals surface area contributed by atoms with Crippen LogP contribution < -0.4 is 10.7 Å². The molecule has 182 valence electrons. The lowest BCUT2D eigenvalue weighted by Gasteiger charge is -2.38. The molecule has 1 heterocycles. The van der Waals surface area contributed by atoms with Crippen molar-refractivity contribution in [3.8, 4) is 0 Å². The predicted molar refractivity (Wildman–Crippen MR) is 127 cm³/mol. The molecule has 0 saturated heterocycles. The van der Waals surface area contributed by atoms with E-state index in [1.54, 1.807) is 51.1 Å². The number of anilines is 1. The lowest BCUT2D eigenvalue weighted by atomic mass is 9.74. The van der Waals surface area contributed by atoms with Crippen LogP contribution in [0.15, 0.2) is 64.7 Å². The summed E-state index contributed by atoms with van der Waals surface area (Å²) in [6.07, 6.45) is -3.99. The predicted octanol–water partition coefficient (Wildman–Crippen LogP) is 4.97. The van der Waals surface area contributed by atoms with Crippen LogP contribution in [0.1, 0.15) is 38.3 Å². The fraction of sp³-hybridized carbons (Fsp3) is 0.360. The number of aromatic amines is 1. The maximum absolute atomic E-state index is 14.1. The Morgan fingerprint density at radius 3 is 2.56 bits per heavy atom. The number of oxime groups is 1. The molecule has 0 bridgehead atoms. The van der Waals surface area contributed by atoms with E-state index in [0.717, 1.165) is 0 Å². The van der Waals surface area contributed by atoms with Crippen molar-refractivity contribution >= 4 is 22.3 Å². The number of rotatable bonds is 8. The number of nitrogens with zero attached hydrogens (tertiary/aromatic N) is 1. The van der Waals surface area contributed by atoms with Gasteiger partial charge in [0, 0.05) is 23.3 Å². The highest BCUT2D eigenvalue weighted by atomic mass is 19.4. The second-order valence-corrected chi connectivity index (χ2v) is 8.99. The fourth-order valence-corrected chi connectivity index (χ4v) is 3.98. The maximum Gasteiger partial charge on any atom is 0.418 e. The molecule has 0 aliphatic carbocycles. The molecule has 0 aliphatic heterocycles. The first-order chi connectivity index (χ1) is 15.9.